The SMILES string of the molecule is CCN(C(=O)CCc1ccc(C(=O)O)cc1)C1CC1. The normalized spacial score (nSPS) is 14.2. The first-order valence-electron chi connectivity index (χ1n) is 6.73. The van der Waals surface area contributed by atoms with E-state index in [2.05, 4.69) is 0 Å². The Morgan fingerprint density at radius 3 is 2.37 bits per heavy atom. The summed E-state index contributed by atoms with van der Waals surface area (Å²) in [5, 5.41) is 8.81. The molecule has 0 bridgehead atoms. The van der Waals surface area contributed by atoms with Gasteiger partial charge in [-0.3, -0.25) is 4.79 Å². The minimum atomic E-state index is -0.923. The van der Waals surface area contributed by atoms with Gasteiger partial charge in [0.05, 0.1) is 5.56 Å². The number of carboxylic acids is 1. The van der Waals surface area contributed by atoms with E-state index in [4.69, 9.17) is 5.11 Å². The number of aromatic carboxylic acids is 1. The molecule has 0 unspecified atom stereocenters. The fraction of sp³-hybridized carbons (Fsp3) is 0.467. The third-order valence-electron chi connectivity index (χ3n) is 3.48. The van der Waals surface area contributed by atoms with Crippen molar-refractivity contribution in [2.45, 2.75) is 38.6 Å². The summed E-state index contributed by atoms with van der Waals surface area (Å²) in [6.45, 7) is 2.79. The second-order valence-corrected chi connectivity index (χ2v) is 4.91. The van der Waals surface area contributed by atoms with Crippen LogP contribution in [0.4, 0.5) is 0 Å². The Hall–Kier alpha value is -1.84. The van der Waals surface area contributed by atoms with E-state index < -0.39 is 5.97 Å². The number of hydrogen-bond donors (Lipinski definition) is 1. The van der Waals surface area contributed by atoms with Crippen LogP contribution in [-0.4, -0.2) is 34.5 Å². The third kappa shape index (κ3) is 3.56. The van der Waals surface area contributed by atoms with Gasteiger partial charge in [-0.1, -0.05) is 12.1 Å². The molecule has 0 aliphatic heterocycles. The van der Waals surface area contributed by atoms with Crippen molar-refractivity contribution < 1.29 is 14.7 Å². The van der Waals surface area contributed by atoms with Crippen LogP contribution in [0.2, 0.25) is 0 Å². The monoisotopic (exact) mass is 261 g/mol. The van der Waals surface area contributed by atoms with E-state index in [9.17, 15) is 9.59 Å². The molecular formula is C15H19NO3. The molecule has 1 aliphatic carbocycles. The molecule has 102 valence electrons. The van der Waals surface area contributed by atoms with Gasteiger partial charge in [0.15, 0.2) is 0 Å². The van der Waals surface area contributed by atoms with Crippen molar-refractivity contribution in [2.24, 2.45) is 0 Å². The smallest absolute Gasteiger partial charge is 0.335 e. The lowest BCUT2D eigenvalue weighted by Gasteiger charge is -2.20. The minimum Gasteiger partial charge on any atom is -0.478 e. The van der Waals surface area contributed by atoms with Gasteiger partial charge < -0.3 is 10.0 Å². The number of amides is 1. The van der Waals surface area contributed by atoms with Crippen LogP contribution in [-0.2, 0) is 11.2 Å². The Kier molecular flexibility index (Phi) is 4.20. The highest BCUT2D eigenvalue weighted by Crippen LogP contribution is 2.27. The van der Waals surface area contributed by atoms with Crippen molar-refractivity contribution in [3.63, 3.8) is 0 Å². The van der Waals surface area contributed by atoms with Crippen molar-refractivity contribution >= 4 is 11.9 Å². The van der Waals surface area contributed by atoms with Gasteiger partial charge >= 0.3 is 5.97 Å². The van der Waals surface area contributed by atoms with Crippen LogP contribution >= 0.6 is 0 Å². The summed E-state index contributed by atoms with van der Waals surface area (Å²) in [6.07, 6.45) is 3.43. The third-order valence-corrected chi connectivity index (χ3v) is 3.48. The van der Waals surface area contributed by atoms with Crippen LogP contribution in [0.5, 0.6) is 0 Å². The topological polar surface area (TPSA) is 57.6 Å². The van der Waals surface area contributed by atoms with E-state index in [1.807, 2.05) is 11.8 Å². The van der Waals surface area contributed by atoms with E-state index in [0.29, 0.717) is 18.9 Å². The molecule has 1 aromatic carbocycles. The van der Waals surface area contributed by atoms with Crippen LogP contribution in [0.1, 0.15) is 42.1 Å². The molecule has 0 heterocycles. The quantitative estimate of drug-likeness (QED) is 0.855. The average molecular weight is 261 g/mol. The molecule has 1 fully saturated rings. The van der Waals surface area contributed by atoms with E-state index in [0.717, 1.165) is 24.9 Å². The van der Waals surface area contributed by atoms with Crippen molar-refractivity contribution in [1.29, 1.82) is 0 Å². The second kappa shape index (κ2) is 5.87. The molecule has 1 aromatic rings. The zero-order valence-corrected chi connectivity index (χ0v) is 11.1. The summed E-state index contributed by atoms with van der Waals surface area (Å²) >= 11 is 0. The molecule has 1 N–H and O–H groups in total. The lowest BCUT2D eigenvalue weighted by Crippen LogP contribution is -2.32. The maximum absolute atomic E-state index is 12.0. The molecule has 0 saturated heterocycles. The van der Waals surface area contributed by atoms with E-state index in [-0.39, 0.29) is 11.5 Å². The van der Waals surface area contributed by atoms with Gasteiger partial charge in [0.25, 0.3) is 0 Å². The van der Waals surface area contributed by atoms with E-state index in [1.165, 1.54) is 0 Å². The predicted molar refractivity (Wildman–Crippen MR) is 72.1 cm³/mol. The Labute approximate surface area is 113 Å². The summed E-state index contributed by atoms with van der Waals surface area (Å²) < 4.78 is 0. The van der Waals surface area contributed by atoms with Gasteiger partial charge in [-0.25, -0.2) is 4.79 Å². The highest BCUT2D eigenvalue weighted by Gasteiger charge is 2.30. The van der Waals surface area contributed by atoms with Crippen molar-refractivity contribution in [1.82, 2.24) is 4.90 Å². The summed E-state index contributed by atoms with van der Waals surface area (Å²) in [5.41, 5.74) is 1.29. The number of carboxylic acid groups (broad SMARTS) is 1. The molecule has 0 atom stereocenters. The number of rotatable bonds is 6. The molecule has 2 rings (SSSR count). The Balaban J connectivity index is 1.87. The molecule has 1 amide bonds. The van der Waals surface area contributed by atoms with E-state index >= 15 is 0 Å². The second-order valence-electron chi connectivity index (χ2n) is 4.91. The Morgan fingerprint density at radius 1 is 1.26 bits per heavy atom. The minimum absolute atomic E-state index is 0.201. The van der Waals surface area contributed by atoms with Gasteiger partial charge in [0, 0.05) is 19.0 Å². The molecule has 4 heteroatoms. The summed E-state index contributed by atoms with van der Waals surface area (Å²) in [7, 11) is 0. The van der Waals surface area contributed by atoms with Crippen LogP contribution in [0.3, 0.4) is 0 Å². The number of benzene rings is 1. The first kappa shape index (κ1) is 13.6. The first-order chi connectivity index (χ1) is 9.11. The molecule has 0 radical (unpaired) electrons. The maximum atomic E-state index is 12.0. The zero-order valence-electron chi connectivity index (χ0n) is 11.1. The Bertz CT molecular complexity index is 463. The fourth-order valence-electron chi connectivity index (χ4n) is 2.23. The summed E-state index contributed by atoms with van der Waals surface area (Å²) in [5.74, 6) is -0.721. The lowest BCUT2D eigenvalue weighted by molar-refractivity contribution is -0.131. The molecule has 1 aliphatic rings. The predicted octanol–water partition coefficient (Wildman–Crippen LogP) is 2.33. The molecule has 1 saturated carbocycles. The highest BCUT2D eigenvalue weighted by atomic mass is 16.4. The first-order valence-corrected chi connectivity index (χ1v) is 6.73. The Morgan fingerprint density at radius 2 is 1.89 bits per heavy atom. The average Bonchev–Trinajstić information content (AvgIpc) is 3.22. The number of nitrogens with zero attached hydrogens (tertiary/aromatic N) is 1. The van der Waals surface area contributed by atoms with Gasteiger partial charge in [0.2, 0.25) is 5.91 Å². The molecular weight excluding hydrogens is 242 g/mol. The fourth-order valence-corrected chi connectivity index (χ4v) is 2.23. The van der Waals surface area contributed by atoms with Gasteiger partial charge in [-0.2, -0.15) is 0 Å². The van der Waals surface area contributed by atoms with Crippen LogP contribution < -0.4 is 0 Å². The molecule has 4 nitrogen and oxygen atoms in total. The lowest BCUT2D eigenvalue weighted by atomic mass is 10.1. The number of hydrogen-bond acceptors (Lipinski definition) is 2. The standard InChI is InChI=1S/C15H19NO3/c1-2-16(13-8-9-13)14(17)10-5-11-3-6-12(7-4-11)15(18)19/h3-4,6-7,13H,2,5,8-10H2,1H3,(H,18,19). The van der Waals surface area contributed by atoms with Crippen LogP contribution in [0.25, 0.3) is 0 Å². The zero-order chi connectivity index (χ0) is 13.8. The van der Waals surface area contributed by atoms with Crippen molar-refractivity contribution in [3.8, 4) is 0 Å². The summed E-state index contributed by atoms with van der Waals surface area (Å²) in [4.78, 5) is 24.7. The van der Waals surface area contributed by atoms with Gasteiger partial charge in [-0.15, -0.1) is 0 Å². The summed E-state index contributed by atoms with van der Waals surface area (Å²) in [6, 6.07) is 7.20. The number of carbonyl (C=O) groups excluding carboxylic acids is 1. The molecule has 19 heavy (non-hydrogen) atoms. The largest absolute Gasteiger partial charge is 0.478 e. The van der Waals surface area contributed by atoms with E-state index in [1.54, 1.807) is 24.3 Å². The van der Waals surface area contributed by atoms with Gasteiger partial charge in [-0.05, 0) is 43.9 Å². The van der Waals surface area contributed by atoms with Crippen molar-refractivity contribution in [2.75, 3.05) is 6.54 Å². The maximum Gasteiger partial charge on any atom is 0.335 e. The van der Waals surface area contributed by atoms with Gasteiger partial charge in [0.1, 0.15) is 0 Å². The number of aryl methyl sites for hydroxylation is 1. The van der Waals surface area contributed by atoms with Crippen LogP contribution in [0.15, 0.2) is 24.3 Å². The molecule has 0 aromatic heterocycles. The number of carbonyl (C=O) groups is 2. The van der Waals surface area contributed by atoms with Crippen LogP contribution in [0, 0.1) is 0 Å². The van der Waals surface area contributed by atoms with Crippen molar-refractivity contribution in [3.05, 3.63) is 35.4 Å². The molecule has 0 spiro atoms. The highest BCUT2D eigenvalue weighted by molar-refractivity contribution is 5.87.